The van der Waals surface area contributed by atoms with E-state index in [4.69, 9.17) is 0 Å². The molecule has 1 aromatic heterocycles. The Morgan fingerprint density at radius 1 is 1.36 bits per heavy atom. The van der Waals surface area contributed by atoms with Gasteiger partial charge in [-0.2, -0.15) is 18.4 Å². The fourth-order valence-corrected chi connectivity index (χ4v) is 2.79. The number of aryl methyl sites for hydroxylation is 1. The maximum Gasteiger partial charge on any atom is 0.416 e. The highest BCUT2D eigenvalue weighted by Crippen LogP contribution is 2.31. The van der Waals surface area contributed by atoms with Crippen molar-refractivity contribution in [2.24, 2.45) is 0 Å². The number of aromatic nitrogens is 1. The molecule has 0 fully saturated rings. The number of aliphatic hydroxyl groups excluding tert-OH is 1. The number of alkyl halides is 3. The van der Waals surface area contributed by atoms with E-state index < -0.39 is 23.8 Å². The van der Waals surface area contributed by atoms with Crippen molar-refractivity contribution in [3.63, 3.8) is 0 Å². The first-order chi connectivity index (χ1) is 13.0. The fourth-order valence-electron chi connectivity index (χ4n) is 2.79. The number of nitrogens with one attached hydrogen (secondary N) is 1. The Labute approximate surface area is 160 Å². The molecule has 0 aliphatic heterocycles. The normalized spacial score (nSPS) is 13.1. The molecule has 1 unspecified atom stereocenters. The molecule has 2 rings (SSSR count). The molecule has 0 radical (unpaired) electrons. The van der Waals surface area contributed by atoms with Crippen LogP contribution >= 0.6 is 0 Å². The van der Waals surface area contributed by atoms with Gasteiger partial charge in [-0.05, 0) is 56.7 Å². The zero-order valence-corrected chi connectivity index (χ0v) is 15.6. The van der Waals surface area contributed by atoms with Crippen LogP contribution < -0.4 is 5.32 Å². The van der Waals surface area contributed by atoms with Crippen molar-refractivity contribution in [2.75, 3.05) is 6.54 Å². The van der Waals surface area contributed by atoms with Gasteiger partial charge in [0.15, 0.2) is 0 Å². The summed E-state index contributed by atoms with van der Waals surface area (Å²) in [4.78, 5) is 12.1. The number of nitriles is 1. The lowest BCUT2D eigenvalue weighted by Crippen LogP contribution is -2.31. The number of hydrogen-bond donors (Lipinski definition) is 2. The van der Waals surface area contributed by atoms with Crippen LogP contribution in [-0.4, -0.2) is 28.2 Å². The molecule has 1 aromatic carbocycles. The minimum absolute atomic E-state index is 0.00110. The van der Waals surface area contributed by atoms with Gasteiger partial charge in [0.2, 0.25) is 0 Å². The Bertz CT molecular complexity index is 951. The van der Waals surface area contributed by atoms with Crippen molar-refractivity contribution < 1.29 is 23.1 Å². The average Bonchev–Trinajstić information content (AvgIpc) is 2.90. The van der Waals surface area contributed by atoms with E-state index in [1.54, 1.807) is 30.5 Å². The molecule has 0 spiro atoms. The number of aliphatic hydroxyl groups is 1. The molecule has 0 saturated carbocycles. The average molecular weight is 391 g/mol. The third-order valence-corrected chi connectivity index (χ3v) is 4.12. The summed E-state index contributed by atoms with van der Waals surface area (Å²) in [5, 5.41) is 20.9. The maximum atomic E-state index is 13.0. The number of benzene rings is 1. The highest BCUT2D eigenvalue weighted by Gasteiger charge is 2.30. The molecular weight excluding hydrogens is 371 g/mol. The van der Waals surface area contributed by atoms with E-state index in [9.17, 15) is 28.3 Å². The van der Waals surface area contributed by atoms with Gasteiger partial charge in [-0.25, -0.2) is 0 Å². The van der Waals surface area contributed by atoms with Gasteiger partial charge in [-0.1, -0.05) is 6.07 Å². The first-order valence-electron chi connectivity index (χ1n) is 8.49. The van der Waals surface area contributed by atoms with Crippen molar-refractivity contribution in [2.45, 2.75) is 33.1 Å². The first kappa shape index (κ1) is 21.3. The molecule has 1 amide bonds. The topological polar surface area (TPSA) is 78.1 Å². The molecule has 0 saturated heterocycles. The van der Waals surface area contributed by atoms with E-state index in [1.165, 1.54) is 19.1 Å². The van der Waals surface area contributed by atoms with Gasteiger partial charge < -0.3 is 15.0 Å². The molecule has 0 bridgehead atoms. The number of rotatable bonds is 5. The van der Waals surface area contributed by atoms with Crippen LogP contribution in [0.15, 0.2) is 35.9 Å². The van der Waals surface area contributed by atoms with Crippen LogP contribution in [0, 0.1) is 25.2 Å². The summed E-state index contributed by atoms with van der Waals surface area (Å²) < 4.78 is 40.7. The molecule has 0 aliphatic carbocycles. The van der Waals surface area contributed by atoms with Gasteiger partial charge >= 0.3 is 6.18 Å². The minimum Gasteiger partial charge on any atom is -0.392 e. The molecule has 5 nitrogen and oxygen atoms in total. The summed E-state index contributed by atoms with van der Waals surface area (Å²) in [6, 6.07) is 8.43. The highest BCUT2D eigenvalue weighted by atomic mass is 19.4. The van der Waals surface area contributed by atoms with E-state index in [0.717, 1.165) is 12.1 Å². The summed E-state index contributed by atoms with van der Waals surface area (Å²) in [5.74, 6) is -0.632. The Kier molecular flexibility index (Phi) is 6.31. The largest absolute Gasteiger partial charge is 0.416 e. The number of carbonyl (C=O) groups is 1. The van der Waals surface area contributed by atoms with Gasteiger partial charge in [0.1, 0.15) is 11.6 Å². The van der Waals surface area contributed by atoms with Crippen molar-refractivity contribution in [3.8, 4) is 11.8 Å². The van der Waals surface area contributed by atoms with E-state index in [1.807, 2.05) is 6.07 Å². The molecule has 8 heteroatoms. The fraction of sp³-hybridized carbons (Fsp3) is 0.300. The molecule has 1 heterocycles. The molecule has 0 aliphatic rings. The van der Waals surface area contributed by atoms with Gasteiger partial charge in [0.05, 0.1) is 11.7 Å². The van der Waals surface area contributed by atoms with Crippen LogP contribution in [0.25, 0.3) is 11.8 Å². The Hall–Kier alpha value is -3.05. The summed E-state index contributed by atoms with van der Waals surface area (Å²) in [7, 11) is 0. The second-order valence-corrected chi connectivity index (χ2v) is 6.44. The smallest absolute Gasteiger partial charge is 0.392 e. The summed E-state index contributed by atoms with van der Waals surface area (Å²) >= 11 is 0. The molecular formula is C20H20F3N3O2. The predicted octanol–water partition coefficient (Wildman–Crippen LogP) is 3.52. The second-order valence-electron chi connectivity index (χ2n) is 6.44. The minimum atomic E-state index is -4.45. The number of carbonyl (C=O) groups excluding carboxylic acids is 1. The summed E-state index contributed by atoms with van der Waals surface area (Å²) in [6.45, 7) is 4.92. The molecule has 1 atom stereocenters. The second kappa shape index (κ2) is 8.31. The van der Waals surface area contributed by atoms with Crippen LogP contribution in [0.5, 0.6) is 0 Å². The first-order valence-corrected chi connectivity index (χ1v) is 8.49. The third kappa shape index (κ3) is 4.81. The Balaban J connectivity index is 2.44. The van der Waals surface area contributed by atoms with Crippen LogP contribution in [0.2, 0.25) is 0 Å². The number of nitrogens with zero attached hydrogens (tertiary/aromatic N) is 2. The zero-order valence-electron chi connectivity index (χ0n) is 15.6. The lowest BCUT2D eigenvalue weighted by Gasteiger charge is -2.13. The van der Waals surface area contributed by atoms with Gasteiger partial charge in [-0.15, -0.1) is 0 Å². The van der Waals surface area contributed by atoms with Crippen molar-refractivity contribution in [1.29, 1.82) is 5.26 Å². The number of amides is 1. The lowest BCUT2D eigenvalue weighted by molar-refractivity contribution is -0.137. The number of halogens is 3. The standard InChI is InChI=1S/C20H20F3N3O2/c1-12-7-15(8-16(10-24)19(28)25-11-13(2)27)14(3)26(12)18-6-4-5-17(9-18)20(21,22)23/h4-9,13,27H,11H2,1-3H3,(H,25,28)/b16-8+. The van der Waals surface area contributed by atoms with E-state index >= 15 is 0 Å². The predicted molar refractivity (Wildman–Crippen MR) is 98.5 cm³/mol. The highest BCUT2D eigenvalue weighted by molar-refractivity contribution is 6.01. The van der Waals surface area contributed by atoms with Gasteiger partial charge in [0.25, 0.3) is 5.91 Å². The summed E-state index contributed by atoms with van der Waals surface area (Å²) in [6.07, 6.45) is -3.83. The quantitative estimate of drug-likeness (QED) is 0.605. The van der Waals surface area contributed by atoms with E-state index in [0.29, 0.717) is 22.6 Å². The van der Waals surface area contributed by atoms with Crippen LogP contribution in [-0.2, 0) is 11.0 Å². The Morgan fingerprint density at radius 2 is 2.04 bits per heavy atom. The zero-order chi connectivity index (χ0) is 21.1. The Morgan fingerprint density at radius 3 is 2.61 bits per heavy atom. The van der Waals surface area contributed by atoms with Crippen molar-refractivity contribution >= 4 is 12.0 Å². The molecule has 28 heavy (non-hydrogen) atoms. The molecule has 2 aromatic rings. The van der Waals surface area contributed by atoms with Crippen LogP contribution in [0.3, 0.4) is 0 Å². The molecule has 2 N–H and O–H groups in total. The van der Waals surface area contributed by atoms with Gasteiger partial charge in [0, 0.05) is 23.6 Å². The van der Waals surface area contributed by atoms with Crippen molar-refractivity contribution in [1.82, 2.24) is 9.88 Å². The lowest BCUT2D eigenvalue weighted by atomic mass is 10.1. The third-order valence-electron chi connectivity index (χ3n) is 4.12. The SMILES string of the molecule is Cc1cc(/C=C(\C#N)C(=O)NCC(C)O)c(C)n1-c1cccc(C(F)(F)F)c1. The van der Waals surface area contributed by atoms with Crippen molar-refractivity contribution in [3.05, 3.63) is 58.4 Å². The molecule has 148 valence electrons. The summed E-state index contributed by atoms with van der Waals surface area (Å²) in [5.41, 5.74) is 1.20. The monoisotopic (exact) mass is 391 g/mol. The van der Waals surface area contributed by atoms with E-state index in [2.05, 4.69) is 5.32 Å². The van der Waals surface area contributed by atoms with E-state index in [-0.39, 0.29) is 12.1 Å². The van der Waals surface area contributed by atoms with Gasteiger partial charge in [-0.3, -0.25) is 4.79 Å². The maximum absolute atomic E-state index is 13.0. The van der Waals surface area contributed by atoms with Crippen LogP contribution in [0.4, 0.5) is 13.2 Å². The number of hydrogen-bond acceptors (Lipinski definition) is 3. The van der Waals surface area contributed by atoms with Crippen LogP contribution in [0.1, 0.15) is 29.4 Å².